The van der Waals surface area contributed by atoms with Crippen molar-refractivity contribution >= 4 is 39.7 Å². The number of anilines is 3. The Kier molecular flexibility index (Phi) is 5.54. The maximum Gasteiger partial charge on any atom is 0.260 e. The molecule has 2 aromatic rings. The minimum atomic E-state index is -0.530. The van der Waals surface area contributed by atoms with Gasteiger partial charge < -0.3 is 25.2 Å². The number of amides is 2. The SMILES string of the molecule is NC(=O)c1sc(N2CCOCC2)nc1CC(=O)N1CCc2c(N3CCCC3)cccc21. The summed E-state index contributed by atoms with van der Waals surface area (Å²) >= 11 is 1.27. The van der Waals surface area contributed by atoms with Crippen LogP contribution in [0.25, 0.3) is 0 Å². The fourth-order valence-corrected chi connectivity index (χ4v) is 5.70. The van der Waals surface area contributed by atoms with Gasteiger partial charge in [-0.05, 0) is 31.4 Å². The molecule has 0 unspecified atom stereocenters. The number of ether oxygens (including phenoxy) is 1. The number of benzene rings is 1. The molecule has 0 spiro atoms. The van der Waals surface area contributed by atoms with Gasteiger partial charge in [-0.25, -0.2) is 4.98 Å². The second kappa shape index (κ2) is 8.47. The van der Waals surface area contributed by atoms with Crippen molar-refractivity contribution in [3.63, 3.8) is 0 Å². The van der Waals surface area contributed by atoms with Crippen molar-refractivity contribution in [1.29, 1.82) is 0 Å². The Bertz CT molecular complexity index is 995. The van der Waals surface area contributed by atoms with E-state index in [1.54, 1.807) is 0 Å². The van der Waals surface area contributed by atoms with E-state index in [1.165, 1.54) is 35.4 Å². The van der Waals surface area contributed by atoms with E-state index in [-0.39, 0.29) is 12.3 Å². The average molecular weight is 442 g/mol. The van der Waals surface area contributed by atoms with Crippen LogP contribution >= 0.6 is 11.3 Å². The standard InChI is InChI=1S/C22H27N5O3S/c23-21(29)20-16(24-22(31-20)26-10-12-30-13-11-26)14-19(28)27-9-6-15-17(4-3-5-18(15)27)25-7-1-2-8-25/h3-5H,1-2,6-14H2,(H2,23,29). The van der Waals surface area contributed by atoms with Crippen LogP contribution < -0.4 is 20.4 Å². The molecule has 3 aliphatic heterocycles. The van der Waals surface area contributed by atoms with Crippen LogP contribution in [-0.4, -0.2) is 62.7 Å². The highest BCUT2D eigenvalue weighted by Gasteiger charge is 2.30. The van der Waals surface area contributed by atoms with E-state index >= 15 is 0 Å². The largest absolute Gasteiger partial charge is 0.378 e. The smallest absolute Gasteiger partial charge is 0.260 e. The third kappa shape index (κ3) is 3.87. The van der Waals surface area contributed by atoms with Crippen LogP contribution in [-0.2, 0) is 22.4 Å². The Hall–Kier alpha value is -2.65. The summed E-state index contributed by atoms with van der Waals surface area (Å²) in [5, 5.41) is 0.734. The summed E-state index contributed by atoms with van der Waals surface area (Å²) in [6, 6.07) is 6.22. The first-order valence-electron chi connectivity index (χ1n) is 10.9. The van der Waals surface area contributed by atoms with E-state index in [0.29, 0.717) is 30.3 Å². The van der Waals surface area contributed by atoms with Crippen LogP contribution in [0.4, 0.5) is 16.5 Å². The number of carbonyl (C=O) groups excluding carboxylic acids is 2. The molecule has 164 valence electrons. The number of hydrogen-bond donors (Lipinski definition) is 1. The Morgan fingerprint density at radius 2 is 1.77 bits per heavy atom. The molecule has 5 rings (SSSR count). The van der Waals surface area contributed by atoms with Gasteiger partial charge in [0, 0.05) is 49.7 Å². The molecule has 0 aliphatic carbocycles. The molecule has 2 amide bonds. The number of hydrogen-bond acceptors (Lipinski definition) is 7. The lowest BCUT2D eigenvalue weighted by Gasteiger charge is -2.26. The number of primary amides is 1. The maximum absolute atomic E-state index is 13.3. The van der Waals surface area contributed by atoms with Gasteiger partial charge in [0.2, 0.25) is 5.91 Å². The number of nitrogens with two attached hydrogens (primary N) is 1. The number of aromatic nitrogens is 1. The summed E-state index contributed by atoms with van der Waals surface area (Å²) in [5.41, 5.74) is 9.58. The number of rotatable bonds is 5. The molecule has 8 nitrogen and oxygen atoms in total. The first-order chi connectivity index (χ1) is 15.1. The molecular weight excluding hydrogens is 414 g/mol. The average Bonchev–Trinajstić information content (AvgIpc) is 3.53. The first kappa shape index (κ1) is 20.3. The second-order valence-electron chi connectivity index (χ2n) is 8.18. The van der Waals surface area contributed by atoms with Gasteiger partial charge in [-0.1, -0.05) is 17.4 Å². The zero-order valence-corrected chi connectivity index (χ0v) is 18.3. The molecule has 1 aromatic heterocycles. The van der Waals surface area contributed by atoms with Gasteiger partial charge in [-0.15, -0.1) is 0 Å². The van der Waals surface area contributed by atoms with Crippen molar-refractivity contribution in [2.45, 2.75) is 25.7 Å². The number of morpholine rings is 1. The van der Waals surface area contributed by atoms with Crippen molar-refractivity contribution in [2.24, 2.45) is 5.73 Å². The zero-order valence-electron chi connectivity index (χ0n) is 17.5. The van der Waals surface area contributed by atoms with Gasteiger partial charge in [0.25, 0.3) is 5.91 Å². The molecule has 9 heteroatoms. The minimum Gasteiger partial charge on any atom is -0.378 e. The van der Waals surface area contributed by atoms with Crippen LogP contribution in [0, 0.1) is 0 Å². The highest BCUT2D eigenvalue weighted by Crippen LogP contribution is 2.37. The molecule has 1 aromatic carbocycles. The van der Waals surface area contributed by atoms with Crippen LogP contribution in [0.15, 0.2) is 18.2 Å². The molecule has 0 saturated carbocycles. The monoisotopic (exact) mass is 441 g/mol. The quantitative estimate of drug-likeness (QED) is 0.761. The van der Waals surface area contributed by atoms with Gasteiger partial charge in [0.05, 0.1) is 25.3 Å². The van der Waals surface area contributed by atoms with E-state index < -0.39 is 5.91 Å². The molecule has 3 aliphatic rings. The predicted molar refractivity (Wildman–Crippen MR) is 121 cm³/mol. The zero-order chi connectivity index (χ0) is 21.4. The molecule has 2 N–H and O–H groups in total. The third-order valence-electron chi connectivity index (χ3n) is 6.26. The second-order valence-corrected chi connectivity index (χ2v) is 9.15. The lowest BCUT2D eigenvalue weighted by Crippen LogP contribution is -2.36. The van der Waals surface area contributed by atoms with E-state index in [0.717, 1.165) is 43.4 Å². The van der Waals surface area contributed by atoms with E-state index in [2.05, 4.69) is 20.9 Å². The highest BCUT2D eigenvalue weighted by molar-refractivity contribution is 7.17. The Morgan fingerprint density at radius 1 is 1.03 bits per heavy atom. The molecule has 31 heavy (non-hydrogen) atoms. The molecule has 0 radical (unpaired) electrons. The summed E-state index contributed by atoms with van der Waals surface area (Å²) in [6.45, 7) is 5.51. The molecule has 2 saturated heterocycles. The van der Waals surface area contributed by atoms with Gasteiger partial charge in [0.1, 0.15) is 4.88 Å². The summed E-state index contributed by atoms with van der Waals surface area (Å²) in [6.07, 6.45) is 3.37. The Labute approximate surface area is 185 Å². The molecule has 0 bridgehead atoms. The maximum atomic E-state index is 13.3. The normalized spacial score (nSPS) is 18.5. The minimum absolute atomic E-state index is 0.0429. The van der Waals surface area contributed by atoms with Gasteiger partial charge in [-0.3, -0.25) is 9.59 Å². The van der Waals surface area contributed by atoms with Crippen molar-refractivity contribution in [3.8, 4) is 0 Å². The Balaban J connectivity index is 1.37. The number of fused-ring (bicyclic) bond motifs is 1. The van der Waals surface area contributed by atoms with Crippen molar-refractivity contribution in [2.75, 3.05) is 60.6 Å². The van der Waals surface area contributed by atoms with Gasteiger partial charge in [-0.2, -0.15) is 0 Å². The molecule has 2 fully saturated rings. The molecule has 4 heterocycles. The summed E-state index contributed by atoms with van der Waals surface area (Å²) < 4.78 is 5.40. The summed E-state index contributed by atoms with van der Waals surface area (Å²) in [5.74, 6) is -0.573. The lowest BCUT2D eigenvalue weighted by atomic mass is 10.1. The predicted octanol–water partition coefficient (Wildman–Crippen LogP) is 1.81. The van der Waals surface area contributed by atoms with E-state index in [9.17, 15) is 9.59 Å². The van der Waals surface area contributed by atoms with Crippen LogP contribution in [0.5, 0.6) is 0 Å². The Morgan fingerprint density at radius 3 is 2.52 bits per heavy atom. The number of thiazole rings is 1. The van der Waals surface area contributed by atoms with Crippen LogP contribution in [0.2, 0.25) is 0 Å². The van der Waals surface area contributed by atoms with E-state index in [4.69, 9.17) is 10.5 Å². The van der Waals surface area contributed by atoms with Crippen molar-refractivity contribution < 1.29 is 14.3 Å². The van der Waals surface area contributed by atoms with Crippen molar-refractivity contribution in [3.05, 3.63) is 34.3 Å². The van der Waals surface area contributed by atoms with Gasteiger partial charge >= 0.3 is 0 Å². The topological polar surface area (TPSA) is 92.0 Å². The molecule has 0 atom stereocenters. The van der Waals surface area contributed by atoms with Gasteiger partial charge in [0.15, 0.2) is 5.13 Å². The van der Waals surface area contributed by atoms with Crippen LogP contribution in [0.1, 0.15) is 33.8 Å². The van der Waals surface area contributed by atoms with Crippen LogP contribution in [0.3, 0.4) is 0 Å². The number of carbonyl (C=O) groups is 2. The van der Waals surface area contributed by atoms with E-state index in [1.807, 2.05) is 17.0 Å². The first-order valence-corrected chi connectivity index (χ1v) is 11.7. The van der Waals surface area contributed by atoms with Crippen molar-refractivity contribution in [1.82, 2.24) is 4.98 Å². The molecular formula is C22H27N5O3S. The summed E-state index contributed by atoms with van der Waals surface area (Å²) in [7, 11) is 0. The highest BCUT2D eigenvalue weighted by atomic mass is 32.1. The fourth-order valence-electron chi connectivity index (χ4n) is 4.71. The fraction of sp³-hybridized carbons (Fsp3) is 0.500. The lowest BCUT2D eigenvalue weighted by molar-refractivity contribution is -0.117. The third-order valence-corrected chi connectivity index (χ3v) is 7.43. The summed E-state index contributed by atoms with van der Waals surface area (Å²) in [4.78, 5) is 36.7. The number of nitrogens with zero attached hydrogens (tertiary/aromatic N) is 4.